The predicted molar refractivity (Wildman–Crippen MR) is 80.3 cm³/mol. The molecule has 0 bridgehead atoms. The fourth-order valence-corrected chi connectivity index (χ4v) is 1.68. The van der Waals surface area contributed by atoms with Gasteiger partial charge < -0.3 is 15.5 Å². The Morgan fingerprint density at radius 3 is 2.80 bits per heavy atom. The second-order valence-electron chi connectivity index (χ2n) is 5.16. The van der Waals surface area contributed by atoms with E-state index in [1.807, 2.05) is 0 Å². The van der Waals surface area contributed by atoms with Crippen molar-refractivity contribution in [2.45, 2.75) is 26.3 Å². The van der Waals surface area contributed by atoms with Crippen molar-refractivity contribution in [2.75, 3.05) is 32.0 Å². The quantitative estimate of drug-likeness (QED) is 0.717. The standard InChI is InChI=1S/C15H24FN3O/c1-12(2)19(3)9-5-8-17-11-15(20)18-14-7-4-6-13(16)10-14/h4,6-7,10,12,17H,5,8-9,11H2,1-3H3,(H,18,20). The second-order valence-corrected chi connectivity index (χ2v) is 5.16. The van der Waals surface area contributed by atoms with Crippen LogP contribution in [0, 0.1) is 5.82 Å². The largest absolute Gasteiger partial charge is 0.325 e. The predicted octanol–water partition coefficient (Wildman–Crippen LogP) is 2.08. The Balaban J connectivity index is 2.15. The molecule has 4 nitrogen and oxygen atoms in total. The summed E-state index contributed by atoms with van der Waals surface area (Å²) in [6, 6.07) is 6.42. The summed E-state index contributed by atoms with van der Waals surface area (Å²) in [6.45, 7) is 6.32. The van der Waals surface area contributed by atoms with Crippen LogP contribution in [0.25, 0.3) is 0 Å². The van der Waals surface area contributed by atoms with Gasteiger partial charge in [-0.05, 0) is 58.6 Å². The molecule has 0 aliphatic heterocycles. The molecule has 0 spiro atoms. The second kappa shape index (κ2) is 8.66. The van der Waals surface area contributed by atoms with Gasteiger partial charge >= 0.3 is 0 Å². The first kappa shape index (κ1) is 16.6. The summed E-state index contributed by atoms with van der Waals surface area (Å²) in [7, 11) is 2.08. The summed E-state index contributed by atoms with van der Waals surface area (Å²) in [5.41, 5.74) is 0.483. The van der Waals surface area contributed by atoms with Gasteiger partial charge in [0.05, 0.1) is 6.54 Å². The van der Waals surface area contributed by atoms with E-state index in [9.17, 15) is 9.18 Å². The SMILES string of the molecule is CC(C)N(C)CCCNCC(=O)Nc1cccc(F)c1. The number of carbonyl (C=O) groups is 1. The first-order valence-corrected chi connectivity index (χ1v) is 6.95. The Bertz CT molecular complexity index is 423. The third kappa shape index (κ3) is 6.63. The number of nitrogens with one attached hydrogen (secondary N) is 2. The minimum atomic E-state index is -0.354. The Kier molecular flexibility index (Phi) is 7.18. The van der Waals surface area contributed by atoms with E-state index in [-0.39, 0.29) is 18.3 Å². The average molecular weight is 281 g/mol. The number of halogens is 1. The van der Waals surface area contributed by atoms with Crippen molar-refractivity contribution in [3.05, 3.63) is 30.1 Å². The summed E-state index contributed by atoms with van der Waals surface area (Å²) in [5, 5.41) is 5.73. The monoisotopic (exact) mass is 281 g/mol. The minimum absolute atomic E-state index is 0.159. The Morgan fingerprint density at radius 2 is 2.15 bits per heavy atom. The minimum Gasteiger partial charge on any atom is -0.325 e. The van der Waals surface area contributed by atoms with E-state index in [0.29, 0.717) is 11.7 Å². The molecular weight excluding hydrogens is 257 g/mol. The lowest BCUT2D eigenvalue weighted by molar-refractivity contribution is -0.115. The molecule has 112 valence electrons. The van der Waals surface area contributed by atoms with Gasteiger partial charge in [0.25, 0.3) is 0 Å². The van der Waals surface area contributed by atoms with Crippen LogP contribution < -0.4 is 10.6 Å². The fraction of sp³-hybridized carbons (Fsp3) is 0.533. The maximum atomic E-state index is 12.9. The molecule has 1 aromatic carbocycles. The lowest BCUT2D eigenvalue weighted by Crippen LogP contribution is -2.32. The normalized spacial score (nSPS) is 11.1. The Labute approximate surface area is 120 Å². The molecule has 1 aromatic rings. The number of amides is 1. The van der Waals surface area contributed by atoms with Crippen LogP contribution in [0.3, 0.4) is 0 Å². The van der Waals surface area contributed by atoms with Crippen LogP contribution in [0.4, 0.5) is 10.1 Å². The molecule has 0 unspecified atom stereocenters. The van der Waals surface area contributed by atoms with Crippen molar-refractivity contribution < 1.29 is 9.18 Å². The van der Waals surface area contributed by atoms with E-state index in [2.05, 4.69) is 36.4 Å². The van der Waals surface area contributed by atoms with Crippen molar-refractivity contribution in [2.24, 2.45) is 0 Å². The number of rotatable bonds is 8. The first-order valence-electron chi connectivity index (χ1n) is 6.95. The molecule has 0 saturated heterocycles. The van der Waals surface area contributed by atoms with E-state index in [4.69, 9.17) is 0 Å². The van der Waals surface area contributed by atoms with Crippen LogP contribution in [0.5, 0.6) is 0 Å². The molecule has 0 aliphatic rings. The average Bonchev–Trinajstić information content (AvgIpc) is 2.37. The Hall–Kier alpha value is -1.46. The molecule has 0 saturated carbocycles. The maximum absolute atomic E-state index is 12.9. The van der Waals surface area contributed by atoms with E-state index < -0.39 is 0 Å². The van der Waals surface area contributed by atoms with Gasteiger partial charge in [-0.15, -0.1) is 0 Å². The van der Waals surface area contributed by atoms with E-state index in [1.165, 1.54) is 12.1 Å². The van der Waals surface area contributed by atoms with Gasteiger partial charge in [0, 0.05) is 11.7 Å². The van der Waals surface area contributed by atoms with Gasteiger partial charge in [0.15, 0.2) is 0 Å². The molecule has 0 atom stereocenters. The van der Waals surface area contributed by atoms with Crippen molar-refractivity contribution in [3.63, 3.8) is 0 Å². The molecule has 0 fully saturated rings. The molecular formula is C15H24FN3O. The molecule has 0 heterocycles. The summed E-state index contributed by atoms with van der Waals surface area (Å²) in [6.07, 6.45) is 0.988. The third-order valence-corrected chi connectivity index (χ3v) is 3.14. The number of hydrogen-bond donors (Lipinski definition) is 2. The van der Waals surface area contributed by atoms with Crippen LogP contribution in [-0.4, -0.2) is 43.5 Å². The number of anilines is 1. The summed E-state index contributed by atoms with van der Waals surface area (Å²) in [4.78, 5) is 13.9. The van der Waals surface area contributed by atoms with Crippen LogP contribution in [0.1, 0.15) is 20.3 Å². The van der Waals surface area contributed by atoms with Crippen molar-refractivity contribution in [1.29, 1.82) is 0 Å². The van der Waals surface area contributed by atoms with Gasteiger partial charge in [-0.25, -0.2) is 4.39 Å². The van der Waals surface area contributed by atoms with Gasteiger partial charge in [0.1, 0.15) is 5.82 Å². The lowest BCUT2D eigenvalue weighted by atomic mass is 10.3. The summed E-state index contributed by atoms with van der Waals surface area (Å²) in [5.74, 6) is -0.514. The lowest BCUT2D eigenvalue weighted by Gasteiger charge is -2.20. The zero-order valence-corrected chi connectivity index (χ0v) is 12.4. The van der Waals surface area contributed by atoms with Crippen LogP contribution in [0.15, 0.2) is 24.3 Å². The summed E-state index contributed by atoms with van der Waals surface area (Å²) >= 11 is 0. The zero-order chi connectivity index (χ0) is 15.0. The Morgan fingerprint density at radius 1 is 1.40 bits per heavy atom. The maximum Gasteiger partial charge on any atom is 0.238 e. The van der Waals surface area contributed by atoms with Gasteiger partial charge in [-0.2, -0.15) is 0 Å². The van der Waals surface area contributed by atoms with Crippen LogP contribution in [0.2, 0.25) is 0 Å². The topological polar surface area (TPSA) is 44.4 Å². The molecule has 1 rings (SSSR count). The molecule has 1 amide bonds. The van der Waals surface area contributed by atoms with Crippen LogP contribution in [-0.2, 0) is 4.79 Å². The number of carbonyl (C=O) groups excluding carboxylic acids is 1. The first-order chi connectivity index (χ1) is 9.49. The van der Waals surface area contributed by atoms with Crippen LogP contribution >= 0.6 is 0 Å². The molecule has 0 aromatic heterocycles. The third-order valence-electron chi connectivity index (χ3n) is 3.14. The number of hydrogen-bond acceptors (Lipinski definition) is 3. The van der Waals surface area contributed by atoms with Gasteiger partial charge in [0.2, 0.25) is 5.91 Å². The summed E-state index contributed by atoms with van der Waals surface area (Å²) < 4.78 is 12.9. The molecule has 5 heteroatoms. The van der Waals surface area contributed by atoms with Crippen molar-refractivity contribution >= 4 is 11.6 Å². The molecule has 2 N–H and O–H groups in total. The van der Waals surface area contributed by atoms with E-state index >= 15 is 0 Å². The highest BCUT2D eigenvalue weighted by molar-refractivity contribution is 5.92. The van der Waals surface area contributed by atoms with Gasteiger partial charge in [-0.3, -0.25) is 4.79 Å². The highest BCUT2D eigenvalue weighted by Gasteiger charge is 2.04. The number of nitrogens with zero attached hydrogens (tertiary/aromatic N) is 1. The molecule has 20 heavy (non-hydrogen) atoms. The number of benzene rings is 1. The van der Waals surface area contributed by atoms with Crippen molar-refractivity contribution in [1.82, 2.24) is 10.2 Å². The van der Waals surface area contributed by atoms with E-state index in [1.54, 1.807) is 12.1 Å². The smallest absolute Gasteiger partial charge is 0.238 e. The van der Waals surface area contributed by atoms with E-state index in [0.717, 1.165) is 19.5 Å². The van der Waals surface area contributed by atoms with Crippen molar-refractivity contribution in [3.8, 4) is 0 Å². The molecule has 0 aliphatic carbocycles. The highest BCUT2D eigenvalue weighted by Crippen LogP contribution is 2.08. The zero-order valence-electron chi connectivity index (χ0n) is 12.4. The highest BCUT2D eigenvalue weighted by atomic mass is 19.1. The van der Waals surface area contributed by atoms with Gasteiger partial charge in [-0.1, -0.05) is 6.07 Å². The molecule has 0 radical (unpaired) electrons. The fourth-order valence-electron chi connectivity index (χ4n) is 1.68.